The van der Waals surface area contributed by atoms with Gasteiger partial charge in [0.1, 0.15) is 5.01 Å². The van der Waals surface area contributed by atoms with E-state index in [1.807, 2.05) is 24.3 Å². The summed E-state index contributed by atoms with van der Waals surface area (Å²) in [5.41, 5.74) is 2.15. The van der Waals surface area contributed by atoms with Gasteiger partial charge in [0.2, 0.25) is 11.0 Å². The van der Waals surface area contributed by atoms with Gasteiger partial charge in [-0.2, -0.15) is 0 Å². The van der Waals surface area contributed by atoms with Gasteiger partial charge in [0.05, 0.1) is 6.42 Å². The lowest BCUT2D eigenvalue weighted by atomic mass is 9.90. The molecule has 0 aliphatic heterocycles. The number of aryl methyl sites for hydroxylation is 1. The third kappa shape index (κ3) is 5.34. The summed E-state index contributed by atoms with van der Waals surface area (Å²) < 4.78 is 0. The van der Waals surface area contributed by atoms with Crippen molar-refractivity contribution in [2.75, 3.05) is 11.9 Å². The highest BCUT2D eigenvalue weighted by Gasteiger charge is 2.20. The minimum atomic E-state index is -0.0607. The first kappa shape index (κ1) is 18.0. The van der Waals surface area contributed by atoms with Crippen LogP contribution in [0.2, 0.25) is 0 Å². The molecule has 2 aromatic rings. The van der Waals surface area contributed by atoms with E-state index in [-0.39, 0.29) is 12.5 Å². The number of aliphatic hydroxyl groups is 1. The zero-order valence-corrected chi connectivity index (χ0v) is 15.2. The van der Waals surface area contributed by atoms with Crippen LogP contribution in [-0.4, -0.2) is 27.8 Å². The molecule has 6 heteroatoms. The Labute approximate surface area is 152 Å². The summed E-state index contributed by atoms with van der Waals surface area (Å²) >= 11 is 1.51. The van der Waals surface area contributed by atoms with Gasteiger partial charge in [-0.3, -0.25) is 4.79 Å². The van der Waals surface area contributed by atoms with Gasteiger partial charge < -0.3 is 10.4 Å². The SMILES string of the molecule is O=C(Cc1ccc(CCCO)cc1)Nc1nnc(C2CCCCC2)s1. The number of benzene rings is 1. The fourth-order valence-corrected chi connectivity index (χ4v) is 4.18. The van der Waals surface area contributed by atoms with E-state index in [0.717, 1.165) is 23.4 Å². The third-order valence-corrected chi connectivity index (χ3v) is 5.65. The molecule has 0 spiro atoms. The smallest absolute Gasteiger partial charge is 0.230 e. The highest BCUT2D eigenvalue weighted by molar-refractivity contribution is 7.15. The van der Waals surface area contributed by atoms with Gasteiger partial charge in [-0.15, -0.1) is 10.2 Å². The number of hydrogen-bond acceptors (Lipinski definition) is 5. The summed E-state index contributed by atoms with van der Waals surface area (Å²) in [6.45, 7) is 0.203. The first-order valence-electron chi connectivity index (χ1n) is 9.06. The van der Waals surface area contributed by atoms with Crippen LogP contribution in [0.25, 0.3) is 0 Å². The predicted molar refractivity (Wildman–Crippen MR) is 99.9 cm³/mol. The minimum Gasteiger partial charge on any atom is -0.396 e. The van der Waals surface area contributed by atoms with E-state index in [0.29, 0.717) is 17.5 Å². The Balaban J connectivity index is 1.51. The van der Waals surface area contributed by atoms with Crippen LogP contribution >= 0.6 is 11.3 Å². The second kappa shape index (κ2) is 9.06. The topological polar surface area (TPSA) is 75.1 Å². The molecule has 25 heavy (non-hydrogen) atoms. The maximum atomic E-state index is 12.2. The number of rotatable bonds is 7. The van der Waals surface area contributed by atoms with Crippen LogP contribution in [0.5, 0.6) is 0 Å². The molecule has 1 aliphatic carbocycles. The molecule has 0 unspecified atom stereocenters. The second-order valence-electron chi connectivity index (χ2n) is 6.65. The number of aromatic nitrogens is 2. The molecule has 0 saturated heterocycles. The first-order valence-corrected chi connectivity index (χ1v) is 9.88. The van der Waals surface area contributed by atoms with Gasteiger partial charge in [0.15, 0.2) is 0 Å². The third-order valence-electron chi connectivity index (χ3n) is 4.65. The van der Waals surface area contributed by atoms with Crippen molar-refractivity contribution in [3.8, 4) is 0 Å². The molecule has 134 valence electrons. The number of carbonyl (C=O) groups is 1. The van der Waals surface area contributed by atoms with Gasteiger partial charge >= 0.3 is 0 Å². The second-order valence-corrected chi connectivity index (χ2v) is 7.66. The maximum absolute atomic E-state index is 12.2. The Kier molecular flexibility index (Phi) is 6.53. The van der Waals surface area contributed by atoms with Crippen LogP contribution in [-0.2, 0) is 17.6 Å². The van der Waals surface area contributed by atoms with Crippen molar-refractivity contribution in [1.82, 2.24) is 10.2 Å². The zero-order valence-electron chi connectivity index (χ0n) is 14.4. The van der Waals surface area contributed by atoms with Crippen LogP contribution in [0, 0.1) is 0 Å². The van der Waals surface area contributed by atoms with Crippen molar-refractivity contribution in [3.05, 3.63) is 40.4 Å². The molecule has 1 heterocycles. The zero-order chi connectivity index (χ0) is 17.5. The normalized spacial score (nSPS) is 15.2. The fraction of sp³-hybridized carbons (Fsp3) is 0.526. The van der Waals surface area contributed by atoms with Crippen LogP contribution in [0.15, 0.2) is 24.3 Å². The van der Waals surface area contributed by atoms with Gasteiger partial charge in [-0.05, 0) is 36.8 Å². The summed E-state index contributed by atoms with van der Waals surface area (Å²) in [4.78, 5) is 12.2. The molecule has 3 rings (SSSR count). The van der Waals surface area contributed by atoms with E-state index in [9.17, 15) is 4.79 Å². The Morgan fingerprint density at radius 2 is 1.84 bits per heavy atom. The van der Waals surface area contributed by atoms with E-state index < -0.39 is 0 Å². The standard InChI is InChI=1S/C19H25N3O2S/c23-12-4-5-14-8-10-15(11-9-14)13-17(24)20-19-22-21-18(25-19)16-6-2-1-3-7-16/h8-11,16,23H,1-7,12-13H2,(H,20,22,24). The van der Waals surface area contributed by atoms with Crippen LogP contribution in [0.3, 0.4) is 0 Å². The van der Waals surface area contributed by atoms with Crippen LogP contribution in [0.1, 0.15) is 60.6 Å². The van der Waals surface area contributed by atoms with E-state index in [1.165, 1.54) is 49.0 Å². The molecule has 1 amide bonds. The summed E-state index contributed by atoms with van der Waals surface area (Å²) in [5.74, 6) is 0.456. The monoisotopic (exact) mass is 359 g/mol. The molecule has 1 aromatic carbocycles. The lowest BCUT2D eigenvalue weighted by molar-refractivity contribution is -0.115. The highest BCUT2D eigenvalue weighted by Crippen LogP contribution is 2.35. The highest BCUT2D eigenvalue weighted by atomic mass is 32.1. The van der Waals surface area contributed by atoms with Gasteiger partial charge in [-0.1, -0.05) is 54.9 Å². The summed E-state index contributed by atoms with van der Waals surface area (Å²) in [7, 11) is 0. The van der Waals surface area contributed by atoms with E-state index >= 15 is 0 Å². The number of nitrogens with zero attached hydrogens (tertiary/aromatic N) is 2. The number of nitrogens with one attached hydrogen (secondary N) is 1. The molecule has 1 aliphatic rings. The van der Waals surface area contributed by atoms with E-state index in [2.05, 4.69) is 15.5 Å². The van der Waals surface area contributed by atoms with Crippen molar-refractivity contribution in [2.24, 2.45) is 0 Å². The predicted octanol–water partition coefficient (Wildman–Crippen LogP) is 3.69. The number of hydrogen-bond donors (Lipinski definition) is 2. The van der Waals surface area contributed by atoms with Gasteiger partial charge in [-0.25, -0.2) is 0 Å². The Bertz CT molecular complexity index is 678. The number of anilines is 1. The molecule has 1 fully saturated rings. The average Bonchev–Trinajstić information content (AvgIpc) is 3.10. The molecule has 5 nitrogen and oxygen atoms in total. The van der Waals surface area contributed by atoms with Crippen molar-refractivity contribution < 1.29 is 9.90 Å². The Morgan fingerprint density at radius 3 is 2.56 bits per heavy atom. The fourth-order valence-electron chi connectivity index (χ4n) is 3.26. The van der Waals surface area contributed by atoms with Crippen molar-refractivity contribution in [3.63, 3.8) is 0 Å². The van der Waals surface area contributed by atoms with Gasteiger partial charge in [0.25, 0.3) is 0 Å². The summed E-state index contributed by atoms with van der Waals surface area (Å²) in [6.07, 6.45) is 8.17. The summed E-state index contributed by atoms with van der Waals surface area (Å²) in [6, 6.07) is 7.98. The molecule has 2 N–H and O–H groups in total. The van der Waals surface area contributed by atoms with E-state index in [1.54, 1.807) is 0 Å². The Morgan fingerprint density at radius 1 is 1.12 bits per heavy atom. The number of aliphatic hydroxyl groups excluding tert-OH is 1. The molecule has 0 bridgehead atoms. The molecular weight excluding hydrogens is 334 g/mol. The molecule has 1 saturated carbocycles. The maximum Gasteiger partial charge on any atom is 0.230 e. The molecule has 0 radical (unpaired) electrons. The molecular formula is C19H25N3O2S. The number of amides is 1. The summed E-state index contributed by atoms with van der Waals surface area (Å²) in [5, 5.41) is 21.8. The van der Waals surface area contributed by atoms with Gasteiger partial charge in [0, 0.05) is 12.5 Å². The molecule has 1 aromatic heterocycles. The lowest BCUT2D eigenvalue weighted by Gasteiger charge is -2.18. The van der Waals surface area contributed by atoms with Crippen molar-refractivity contribution >= 4 is 22.4 Å². The van der Waals surface area contributed by atoms with Crippen molar-refractivity contribution in [2.45, 2.75) is 57.3 Å². The van der Waals surface area contributed by atoms with Crippen molar-refractivity contribution in [1.29, 1.82) is 0 Å². The quantitative estimate of drug-likeness (QED) is 0.790. The Hall–Kier alpha value is -1.79. The van der Waals surface area contributed by atoms with E-state index in [4.69, 9.17) is 5.11 Å². The molecule has 0 atom stereocenters. The average molecular weight is 359 g/mol. The van der Waals surface area contributed by atoms with Crippen LogP contribution < -0.4 is 5.32 Å². The lowest BCUT2D eigenvalue weighted by Crippen LogP contribution is -2.14. The first-order chi connectivity index (χ1) is 12.2. The minimum absolute atomic E-state index is 0.0607. The van der Waals surface area contributed by atoms with Crippen LogP contribution in [0.4, 0.5) is 5.13 Å². The number of carbonyl (C=O) groups excluding carboxylic acids is 1. The largest absolute Gasteiger partial charge is 0.396 e.